The summed E-state index contributed by atoms with van der Waals surface area (Å²) in [6.07, 6.45) is 6.32. The number of Topliss-reactive ketones (excluding diaryl/α,β-unsaturated/α-hetero) is 1. The third-order valence-electron chi connectivity index (χ3n) is 3.98. The van der Waals surface area contributed by atoms with E-state index in [1.165, 1.54) is 0 Å². The van der Waals surface area contributed by atoms with Crippen molar-refractivity contribution in [1.29, 1.82) is 0 Å². The lowest BCUT2D eigenvalue weighted by atomic mass is 9.93. The number of aromatic nitrogens is 1. The second-order valence-electron chi connectivity index (χ2n) is 5.21. The van der Waals surface area contributed by atoms with Gasteiger partial charge in [0.05, 0.1) is 6.04 Å². The SMILES string of the molecule is O=C1CCC(N2CC(c3cccnc3)NC2=O)CC1. The number of urea groups is 1. The zero-order valence-electron chi connectivity index (χ0n) is 10.7. The van der Waals surface area contributed by atoms with Crippen molar-refractivity contribution in [1.82, 2.24) is 15.2 Å². The topological polar surface area (TPSA) is 62.3 Å². The molecule has 0 bridgehead atoms. The van der Waals surface area contributed by atoms with Crippen LogP contribution in [0.1, 0.15) is 37.3 Å². The van der Waals surface area contributed by atoms with Gasteiger partial charge in [-0.2, -0.15) is 0 Å². The molecule has 1 aromatic rings. The minimum atomic E-state index is -0.0202. The molecular weight excluding hydrogens is 242 g/mol. The summed E-state index contributed by atoms with van der Waals surface area (Å²) in [6, 6.07) is 4.06. The lowest BCUT2D eigenvalue weighted by Crippen LogP contribution is -2.40. The van der Waals surface area contributed by atoms with Crippen molar-refractivity contribution < 1.29 is 9.59 Å². The summed E-state index contributed by atoms with van der Waals surface area (Å²) in [4.78, 5) is 29.3. The zero-order chi connectivity index (χ0) is 13.2. The predicted molar refractivity (Wildman–Crippen MR) is 69.5 cm³/mol. The number of nitrogens with one attached hydrogen (secondary N) is 1. The van der Waals surface area contributed by atoms with Gasteiger partial charge >= 0.3 is 6.03 Å². The van der Waals surface area contributed by atoms with Crippen molar-refractivity contribution >= 4 is 11.8 Å². The first-order valence-corrected chi connectivity index (χ1v) is 6.73. The van der Waals surface area contributed by atoms with E-state index in [1.54, 1.807) is 12.4 Å². The molecule has 2 aliphatic rings. The van der Waals surface area contributed by atoms with Crippen molar-refractivity contribution in [3.8, 4) is 0 Å². The van der Waals surface area contributed by atoms with E-state index < -0.39 is 0 Å². The van der Waals surface area contributed by atoms with E-state index in [4.69, 9.17) is 0 Å². The van der Waals surface area contributed by atoms with Gasteiger partial charge in [-0.1, -0.05) is 6.07 Å². The van der Waals surface area contributed by atoms with Crippen LogP contribution in [-0.4, -0.2) is 34.3 Å². The third-order valence-corrected chi connectivity index (χ3v) is 3.98. The smallest absolute Gasteiger partial charge is 0.318 e. The lowest BCUT2D eigenvalue weighted by molar-refractivity contribution is -0.121. The largest absolute Gasteiger partial charge is 0.329 e. The van der Waals surface area contributed by atoms with E-state index >= 15 is 0 Å². The van der Waals surface area contributed by atoms with Crippen LogP contribution in [0.25, 0.3) is 0 Å². The molecule has 1 saturated carbocycles. The highest BCUT2D eigenvalue weighted by Gasteiger charge is 2.35. The van der Waals surface area contributed by atoms with Crippen LogP contribution in [0.4, 0.5) is 4.79 Å². The van der Waals surface area contributed by atoms with Gasteiger partial charge in [0.2, 0.25) is 0 Å². The molecule has 0 radical (unpaired) electrons. The Kier molecular flexibility index (Phi) is 3.19. The summed E-state index contributed by atoms with van der Waals surface area (Å²) in [6.45, 7) is 0.670. The van der Waals surface area contributed by atoms with Gasteiger partial charge in [0.1, 0.15) is 5.78 Å². The number of carbonyl (C=O) groups excluding carboxylic acids is 2. The average Bonchev–Trinajstić information content (AvgIpc) is 2.83. The molecule has 1 N–H and O–H groups in total. The number of pyridine rings is 1. The van der Waals surface area contributed by atoms with E-state index in [2.05, 4.69) is 10.3 Å². The fourth-order valence-corrected chi connectivity index (χ4v) is 2.88. The number of nitrogens with zero attached hydrogens (tertiary/aromatic N) is 2. The van der Waals surface area contributed by atoms with Gasteiger partial charge in [-0.3, -0.25) is 9.78 Å². The van der Waals surface area contributed by atoms with E-state index in [-0.39, 0.29) is 18.1 Å². The minimum absolute atomic E-state index is 0.0128. The van der Waals surface area contributed by atoms with Crippen LogP contribution in [0.2, 0.25) is 0 Å². The molecule has 1 saturated heterocycles. The molecule has 5 heteroatoms. The Bertz CT molecular complexity index is 479. The third kappa shape index (κ3) is 2.45. The number of carbonyl (C=O) groups is 2. The molecule has 19 heavy (non-hydrogen) atoms. The van der Waals surface area contributed by atoms with Crippen LogP contribution in [-0.2, 0) is 4.79 Å². The Hall–Kier alpha value is -1.91. The highest BCUT2D eigenvalue weighted by Crippen LogP contribution is 2.27. The van der Waals surface area contributed by atoms with Crippen molar-refractivity contribution in [2.45, 2.75) is 37.8 Å². The van der Waals surface area contributed by atoms with Crippen molar-refractivity contribution in [3.63, 3.8) is 0 Å². The maximum atomic E-state index is 12.0. The van der Waals surface area contributed by atoms with Crippen LogP contribution >= 0.6 is 0 Å². The fourth-order valence-electron chi connectivity index (χ4n) is 2.88. The standard InChI is InChI=1S/C14H17N3O2/c18-12-5-3-11(4-6-12)17-9-13(16-14(17)19)10-2-1-7-15-8-10/h1-2,7-8,11,13H,3-6,9H2,(H,16,19). The number of ketones is 1. The molecule has 100 valence electrons. The van der Waals surface area contributed by atoms with E-state index in [0.717, 1.165) is 18.4 Å². The van der Waals surface area contributed by atoms with Crippen molar-refractivity contribution in [2.75, 3.05) is 6.54 Å². The zero-order valence-corrected chi connectivity index (χ0v) is 10.7. The molecule has 2 fully saturated rings. The van der Waals surface area contributed by atoms with Gasteiger partial charge in [0, 0.05) is 37.8 Å². The molecule has 1 unspecified atom stereocenters. The first-order valence-electron chi connectivity index (χ1n) is 6.73. The highest BCUT2D eigenvalue weighted by atomic mass is 16.2. The van der Waals surface area contributed by atoms with Gasteiger partial charge < -0.3 is 10.2 Å². The highest BCUT2D eigenvalue weighted by molar-refractivity contribution is 5.81. The Labute approximate surface area is 112 Å². The first-order chi connectivity index (χ1) is 9.24. The predicted octanol–water partition coefficient (Wildman–Crippen LogP) is 1.66. The van der Waals surface area contributed by atoms with Gasteiger partial charge in [0.15, 0.2) is 0 Å². The number of rotatable bonds is 2. The molecule has 0 aromatic carbocycles. The van der Waals surface area contributed by atoms with Gasteiger partial charge in [-0.05, 0) is 24.5 Å². The van der Waals surface area contributed by atoms with Gasteiger partial charge in [0.25, 0.3) is 0 Å². The summed E-state index contributed by atoms with van der Waals surface area (Å²) < 4.78 is 0. The first kappa shape index (κ1) is 12.1. The molecule has 0 spiro atoms. The minimum Gasteiger partial charge on any atom is -0.329 e. The normalized spacial score (nSPS) is 24.6. The number of amides is 2. The summed E-state index contributed by atoms with van der Waals surface area (Å²) in [5, 5.41) is 2.99. The molecule has 3 rings (SSSR count). The monoisotopic (exact) mass is 259 g/mol. The van der Waals surface area contributed by atoms with Gasteiger partial charge in [-0.15, -0.1) is 0 Å². The van der Waals surface area contributed by atoms with E-state index in [0.29, 0.717) is 25.2 Å². The molecule has 1 atom stereocenters. The summed E-state index contributed by atoms with van der Waals surface area (Å²) in [7, 11) is 0. The number of hydrogen-bond donors (Lipinski definition) is 1. The molecule has 2 heterocycles. The van der Waals surface area contributed by atoms with E-state index in [9.17, 15) is 9.59 Å². The second-order valence-corrected chi connectivity index (χ2v) is 5.21. The fraction of sp³-hybridized carbons (Fsp3) is 0.500. The maximum Gasteiger partial charge on any atom is 0.318 e. The van der Waals surface area contributed by atoms with Crippen LogP contribution in [0.5, 0.6) is 0 Å². The number of hydrogen-bond acceptors (Lipinski definition) is 3. The van der Waals surface area contributed by atoms with Crippen molar-refractivity contribution in [3.05, 3.63) is 30.1 Å². The maximum absolute atomic E-state index is 12.0. The Balaban J connectivity index is 1.69. The molecule has 1 aliphatic carbocycles. The van der Waals surface area contributed by atoms with Crippen LogP contribution < -0.4 is 5.32 Å². The molecule has 2 amide bonds. The second kappa shape index (κ2) is 4.99. The lowest BCUT2D eigenvalue weighted by Gasteiger charge is -2.29. The molecule has 1 aromatic heterocycles. The Morgan fingerprint density at radius 2 is 2.05 bits per heavy atom. The van der Waals surface area contributed by atoms with Crippen LogP contribution in [0.15, 0.2) is 24.5 Å². The average molecular weight is 259 g/mol. The van der Waals surface area contributed by atoms with Gasteiger partial charge in [-0.25, -0.2) is 4.79 Å². The molecule has 5 nitrogen and oxygen atoms in total. The summed E-state index contributed by atoms with van der Waals surface area (Å²) in [5.74, 6) is 0.319. The van der Waals surface area contributed by atoms with Crippen molar-refractivity contribution in [2.24, 2.45) is 0 Å². The van der Waals surface area contributed by atoms with Crippen LogP contribution in [0, 0.1) is 0 Å². The quantitative estimate of drug-likeness (QED) is 0.878. The molecular formula is C14H17N3O2. The van der Waals surface area contributed by atoms with E-state index in [1.807, 2.05) is 17.0 Å². The summed E-state index contributed by atoms with van der Waals surface area (Å²) >= 11 is 0. The van der Waals surface area contributed by atoms with Crippen LogP contribution in [0.3, 0.4) is 0 Å². The Morgan fingerprint density at radius 1 is 1.26 bits per heavy atom. The Morgan fingerprint density at radius 3 is 2.74 bits per heavy atom. The summed E-state index contributed by atoms with van der Waals surface area (Å²) in [5.41, 5.74) is 1.03. The molecule has 1 aliphatic heterocycles.